The number of rotatable bonds is 2. The molecular weight excluding hydrogens is 346 g/mol. The summed E-state index contributed by atoms with van der Waals surface area (Å²) in [6, 6.07) is 9.59. The zero-order valence-electron chi connectivity index (χ0n) is 14.3. The van der Waals surface area contributed by atoms with Crippen molar-refractivity contribution in [3.8, 4) is 0 Å². The van der Waals surface area contributed by atoms with Crippen LogP contribution in [0.3, 0.4) is 0 Å². The van der Waals surface area contributed by atoms with Crippen LogP contribution in [0.5, 0.6) is 0 Å². The molecule has 3 aromatic heterocycles. The van der Waals surface area contributed by atoms with Gasteiger partial charge in [0.05, 0.1) is 27.2 Å². The van der Waals surface area contributed by atoms with Crippen LogP contribution in [0.15, 0.2) is 46.8 Å². The van der Waals surface area contributed by atoms with Crippen LogP contribution in [-0.4, -0.2) is 26.1 Å². The van der Waals surface area contributed by atoms with Gasteiger partial charge in [0, 0.05) is 13.6 Å². The molecule has 26 heavy (non-hydrogen) atoms. The fourth-order valence-electron chi connectivity index (χ4n) is 3.80. The van der Waals surface area contributed by atoms with E-state index < -0.39 is 0 Å². The fourth-order valence-corrected chi connectivity index (χ4v) is 4.65. The fraction of sp³-hybridized carbons (Fsp3) is 0.263. The van der Waals surface area contributed by atoms with Crippen molar-refractivity contribution in [3.05, 3.63) is 58.2 Å². The van der Waals surface area contributed by atoms with Gasteiger partial charge in [0.2, 0.25) is 0 Å². The van der Waals surface area contributed by atoms with Gasteiger partial charge in [-0.25, -0.2) is 15.0 Å². The van der Waals surface area contributed by atoms with Crippen LogP contribution in [0.4, 0.5) is 5.82 Å². The summed E-state index contributed by atoms with van der Waals surface area (Å²) in [7, 11) is 1.81. The molecule has 1 aliphatic heterocycles. The topological polar surface area (TPSA) is 63.9 Å². The minimum atomic E-state index is 0.00130. The van der Waals surface area contributed by atoms with Gasteiger partial charge in [0.25, 0.3) is 5.56 Å². The number of thiophene rings is 1. The first-order valence-corrected chi connectivity index (χ1v) is 9.52. The Kier molecular flexibility index (Phi) is 3.49. The van der Waals surface area contributed by atoms with E-state index in [4.69, 9.17) is 4.98 Å². The minimum Gasteiger partial charge on any atom is -0.345 e. The lowest BCUT2D eigenvalue weighted by Crippen LogP contribution is -2.31. The van der Waals surface area contributed by atoms with Gasteiger partial charge in [0.15, 0.2) is 5.82 Å². The van der Waals surface area contributed by atoms with Crippen LogP contribution < -0.4 is 10.5 Å². The third kappa shape index (κ3) is 2.24. The Morgan fingerprint density at radius 3 is 2.96 bits per heavy atom. The molecule has 130 valence electrons. The third-order valence-electron chi connectivity index (χ3n) is 5.07. The molecule has 1 atom stereocenters. The highest BCUT2D eigenvalue weighted by molar-refractivity contribution is 7.17. The Labute approximate surface area is 153 Å². The van der Waals surface area contributed by atoms with Gasteiger partial charge in [0.1, 0.15) is 12.2 Å². The van der Waals surface area contributed by atoms with Crippen LogP contribution in [0.2, 0.25) is 0 Å². The number of anilines is 1. The van der Waals surface area contributed by atoms with Gasteiger partial charge < -0.3 is 4.90 Å². The first-order valence-electron chi connectivity index (χ1n) is 8.64. The number of para-hydroxylation sites is 1. The summed E-state index contributed by atoms with van der Waals surface area (Å²) >= 11 is 1.65. The van der Waals surface area contributed by atoms with E-state index in [1.165, 1.54) is 0 Å². The summed E-state index contributed by atoms with van der Waals surface area (Å²) in [5, 5.41) is 2.70. The van der Waals surface area contributed by atoms with Crippen LogP contribution in [0.1, 0.15) is 24.7 Å². The number of fused-ring (bicyclic) bond motifs is 2. The van der Waals surface area contributed by atoms with E-state index in [0.29, 0.717) is 5.39 Å². The summed E-state index contributed by atoms with van der Waals surface area (Å²) in [6.07, 6.45) is 3.62. The molecule has 0 aliphatic carbocycles. The molecule has 0 amide bonds. The molecule has 0 spiro atoms. The molecule has 4 heterocycles. The first-order chi connectivity index (χ1) is 12.7. The number of hydrogen-bond acceptors (Lipinski definition) is 6. The largest absolute Gasteiger partial charge is 0.345 e. The number of benzene rings is 1. The predicted molar refractivity (Wildman–Crippen MR) is 104 cm³/mol. The van der Waals surface area contributed by atoms with Crippen molar-refractivity contribution < 1.29 is 0 Å². The second-order valence-electron chi connectivity index (χ2n) is 6.53. The molecule has 6 nitrogen and oxygen atoms in total. The standard InChI is InChI=1S/C19H17N5OS/c1-23-17(22-13-6-3-2-5-12(13)19(23)25)15-7-4-9-24(15)18-16-14(8-10-26-16)20-11-21-18/h2-3,5-6,8,10-11,15H,4,7,9H2,1H3. The van der Waals surface area contributed by atoms with Crippen LogP contribution in [-0.2, 0) is 7.05 Å². The highest BCUT2D eigenvalue weighted by atomic mass is 32.1. The molecule has 1 unspecified atom stereocenters. The van der Waals surface area contributed by atoms with E-state index in [9.17, 15) is 4.79 Å². The van der Waals surface area contributed by atoms with Crippen molar-refractivity contribution in [1.82, 2.24) is 19.5 Å². The molecule has 0 saturated carbocycles. The summed E-state index contributed by atoms with van der Waals surface area (Å²) in [5.74, 6) is 1.74. The summed E-state index contributed by atoms with van der Waals surface area (Å²) < 4.78 is 2.78. The highest BCUT2D eigenvalue weighted by Crippen LogP contribution is 2.38. The average molecular weight is 363 g/mol. The van der Waals surface area contributed by atoms with Crippen LogP contribution in [0.25, 0.3) is 21.1 Å². The SMILES string of the molecule is Cn1c(C2CCCN2c2ncnc3ccsc23)nc2ccccc2c1=O. The maximum Gasteiger partial charge on any atom is 0.261 e. The Bertz CT molecular complexity index is 1180. The van der Waals surface area contributed by atoms with Gasteiger partial charge in [-0.2, -0.15) is 0 Å². The van der Waals surface area contributed by atoms with Crippen molar-refractivity contribution in [3.63, 3.8) is 0 Å². The molecule has 1 aromatic carbocycles. The molecule has 7 heteroatoms. The van der Waals surface area contributed by atoms with E-state index >= 15 is 0 Å². The summed E-state index contributed by atoms with van der Waals surface area (Å²) in [5.41, 5.74) is 1.72. The normalized spacial score (nSPS) is 17.4. The number of nitrogens with zero attached hydrogens (tertiary/aromatic N) is 5. The van der Waals surface area contributed by atoms with E-state index in [1.54, 1.807) is 22.2 Å². The van der Waals surface area contributed by atoms with Gasteiger partial charge in [-0.05, 0) is 36.4 Å². The lowest BCUT2D eigenvalue weighted by molar-refractivity contribution is 0.608. The van der Waals surface area contributed by atoms with Gasteiger partial charge in [-0.15, -0.1) is 11.3 Å². The predicted octanol–water partition coefficient (Wildman–Crippen LogP) is 3.28. The second-order valence-corrected chi connectivity index (χ2v) is 7.45. The maximum atomic E-state index is 12.8. The smallest absolute Gasteiger partial charge is 0.261 e. The summed E-state index contributed by atoms with van der Waals surface area (Å²) in [6.45, 7) is 0.900. The van der Waals surface area contributed by atoms with Crippen molar-refractivity contribution in [2.75, 3.05) is 11.4 Å². The average Bonchev–Trinajstić information content (AvgIpc) is 3.33. The lowest BCUT2D eigenvalue weighted by atomic mass is 10.1. The van der Waals surface area contributed by atoms with Crippen molar-refractivity contribution in [1.29, 1.82) is 0 Å². The second kappa shape index (κ2) is 5.88. The molecule has 0 radical (unpaired) electrons. The first kappa shape index (κ1) is 15.5. The van der Waals surface area contributed by atoms with E-state index in [0.717, 1.165) is 46.8 Å². The molecule has 0 bridgehead atoms. The molecule has 1 aliphatic rings. The van der Waals surface area contributed by atoms with E-state index in [1.807, 2.05) is 42.8 Å². The molecular formula is C19H17N5OS. The van der Waals surface area contributed by atoms with Crippen molar-refractivity contribution >= 4 is 38.3 Å². The monoisotopic (exact) mass is 363 g/mol. The van der Waals surface area contributed by atoms with Gasteiger partial charge >= 0.3 is 0 Å². The molecule has 1 fully saturated rings. The van der Waals surface area contributed by atoms with Gasteiger partial charge in [-0.1, -0.05) is 12.1 Å². The molecule has 4 aromatic rings. The van der Waals surface area contributed by atoms with Crippen LogP contribution in [0, 0.1) is 0 Å². The number of hydrogen-bond donors (Lipinski definition) is 0. The summed E-state index contributed by atoms with van der Waals surface area (Å²) in [4.78, 5) is 28.8. The van der Waals surface area contributed by atoms with Gasteiger partial charge in [-0.3, -0.25) is 9.36 Å². The highest BCUT2D eigenvalue weighted by Gasteiger charge is 2.32. The van der Waals surface area contributed by atoms with E-state index in [2.05, 4.69) is 14.9 Å². The van der Waals surface area contributed by atoms with Crippen molar-refractivity contribution in [2.24, 2.45) is 7.05 Å². The minimum absolute atomic E-state index is 0.00130. The Hall–Kier alpha value is -2.80. The van der Waals surface area contributed by atoms with Crippen LogP contribution >= 0.6 is 11.3 Å². The Morgan fingerprint density at radius 1 is 1.15 bits per heavy atom. The zero-order valence-corrected chi connectivity index (χ0v) is 15.1. The quantitative estimate of drug-likeness (QED) is 0.547. The Morgan fingerprint density at radius 2 is 2.04 bits per heavy atom. The number of aromatic nitrogens is 4. The molecule has 1 saturated heterocycles. The Balaban J connectivity index is 1.68. The lowest BCUT2D eigenvalue weighted by Gasteiger charge is -2.26. The third-order valence-corrected chi connectivity index (χ3v) is 5.96. The van der Waals surface area contributed by atoms with E-state index in [-0.39, 0.29) is 11.6 Å². The van der Waals surface area contributed by atoms with Crippen molar-refractivity contribution in [2.45, 2.75) is 18.9 Å². The molecule has 5 rings (SSSR count). The molecule has 0 N–H and O–H groups in total. The zero-order chi connectivity index (χ0) is 17.7. The maximum absolute atomic E-state index is 12.8.